The Hall–Kier alpha value is -3.07. The summed E-state index contributed by atoms with van der Waals surface area (Å²) < 4.78 is 5.43. The fourth-order valence-electron chi connectivity index (χ4n) is 3.11. The molecule has 1 aliphatic heterocycles. The summed E-state index contributed by atoms with van der Waals surface area (Å²) in [6, 6.07) is 3.24. The van der Waals surface area contributed by atoms with Crippen LogP contribution in [0.2, 0.25) is 0 Å². The summed E-state index contributed by atoms with van der Waals surface area (Å²) in [4.78, 5) is 21.3. The second kappa shape index (κ2) is 7.28. The maximum atomic E-state index is 12.8. The highest BCUT2D eigenvalue weighted by atomic mass is 16.5. The van der Waals surface area contributed by atoms with Gasteiger partial charge in [0.05, 0.1) is 0 Å². The molecule has 0 saturated heterocycles. The van der Waals surface area contributed by atoms with E-state index in [-0.39, 0.29) is 11.8 Å². The van der Waals surface area contributed by atoms with Gasteiger partial charge in [0.2, 0.25) is 11.7 Å². The van der Waals surface area contributed by atoms with Crippen LogP contribution < -0.4 is 10.6 Å². The second-order valence-corrected chi connectivity index (χ2v) is 6.85. The third kappa shape index (κ3) is 3.45. The van der Waals surface area contributed by atoms with Gasteiger partial charge in [-0.25, -0.2) is 0 Å². The molecule has 27 heavy (non-hydrogen) atoms. The molecule has 1 aliphatic rings. The minimum Gasteiger partial charge on any atom is -0.339 e. The molecule has 3 aromatic rings. The Kier molecular flexibility index (Phi) is 4.68. The molecule has 1 amide bonds. The second-order valence-electron chi connectivity index (χ2n) is 6.85. The molecule has 0 spiro atoms. The van der Waals surface area contributed by atoms with E-state index in [0.717, 1.165) is 29.8 Å². The van der Waals surface area contributed by atoms with E-state index < -0.39 is 6.04 Å². The third-order valence-corrected chi connectivity index (χ3v) is 4.60. The number of H-pyrrole nitrogens is 1. The normalized spacial score (nSPS) is 14.8. The third-order valence-electron chi connectivity index (χ3n) is 4.60. The van der Waals surface area contributed by atoms with Crippen LogP contribution in [0.5, 0.6) is 0 Å². The highest BCUT2D eigenvalue weighted by molar-refractivity contribution is 5.94. The lowest BCUT2D eigenvalue weighted by atomic mass is 10.0. The summed E-state index contributed by atoms with van der Waals surface area (Å²) in [5, 5.41) is 17.4. The van der Waals surface area contributed by atoms with Gasteiger partial charge < -0.3 is 15.2 Å². The van der Waals surface area contributed by atoms with E-state index in [0.29, 0.717) is 24.0 Å². The van der Waals surface area contributed by atoms with E-state index in [4.69, 9.17) is 4.52 Å². The topological polar surface area (TPSA) is 122 Å². The van der Waals surface area contributed by atoms with Crippen LogP contribution in [0.25, 0.3) is 11.4 Å². The standard InChI is InChI=1S/C18H21N7O2/c1-10(2)14(18-22-16(25-27-18)11-4-3-6-19-8-11)21-17(26)15-12-9-20-7-5-13(12)23-24-15/h3-4,6,8,10,14,20H,5,7,9H2,1-2H3,(H,21,26)(H,23,24). The lowest BCUT2D eigenvalue weighted by Crippen LogP contribution is -2.33. The number of carbonyl (C=O) groups is 1. The first-order valence-electron chi connectivity index (χ1n) is 8.95. The molecule has 3 N–H and O–H groups in total. The Morgan fingerprint density at radius 2 is 2.26 bits per heavy atom. The van der Waals surface area contributed by atoms with Crippen LogP contribution in [0.1, 0.15) is 47.5 Å². The highest BCUT2D eigenvalue weighted by Crippen LogP contribution is 2.24. The Bertz CT molecular complexity index is 932. The van der Waals surface area contributed by atoms with Crippen molar-refractivity contribution in [2.24, 2.45) is 5.92 Å². The molecule has 140 valence electrons. The molecule has 0 fully saturated rings. The molecule has 9 nitrogen and oxygen atoms in total. The monoisotopic (exact) mass is 367 g/mol. The first-order chi connectivity index (χ1) is 13.1. The van der Waals surface area contributed by atoms with Crippen molar-refractivity contribution in [1.82, 2.24) is 36.0 Å². The molecule has 0 radical (unpaired) electrons. The Morgan fingerprint density at radius 3 is 3.04 bits per heavy atom. The SMILES string of the molecule is CC(C)C(NC(=O)c1n[nH]c2c1CNCC2)c1nc(-c2cccnc2)no1. The number of nitrogens with zero attached hydrogens (tertiary/aromatic N) is 4. The quantitative estimate of drug-likeness (QED) is 0.626. The molecular weight excluding hydrogens is 346 g/mol. The number of nitrogens with one attached hydrogen (secondary N) is 3. The minimum atomic E-state index is -0.417. The zero-order valence-corrected chi connectivity index (χ0v) is 15.2. The van der Waals surface area contributed by atoms with Gasteiger partial charge in [-0.3, -0.25) is 14.9 Å². The number of aromatic nitrogens is 5. The van der Waals surface area contributed by atoms with E-state index in [9.17, 15) is 4.79 Å². The number of hydrogen-bond acceptors (Lipinski definition) is 7. The summed E-state index contributed by atoms with van der Waals surface area (Å²) in [7, 11) is 0. The molecule has 0 bridgehead atoms. The Balaban J connectivity index is 1.56. The number of rotatable bonds is 5. The van der Waals surface area contributed by atoms with E-state index in [1.807, 2.05) is 26.0 Å². The molecule has 3 aromatic heterocycles. The van der Waals surface area contributed by atoms with Crippen molar-refractivity contribution in [2.45, 2.75) is 32.9 Å². The summed E-state index contributed by atoms with van der Waals surface area (Å²) in [5.74, 6) is 0.610. The summed E-state index contributed by atoms with van der Waals surface area (Å²) >= 11 is 0. The van der Waals surface area contributed by atoms with Crippen molar-refractivity contribution in [2.75, 3.05) is 6.54 Å². The largest absolute Gasteiger partial charge is 0.339 e. The van der Waals surface area contributed by atoms with Gasteiger partial charge in [-0.2, -0.15) is 10.1 Å². The van der Waals surface area contributed by atoms with Crippen molar-refractivity contribution >= 4 is 5.91 Å². The zero-order valence-electron chi connectivity index (χ0n) is 15.2. The van der Waals surface area contributed by atoms with Crippen LogP contribution in [-0.2, 0) is 13.0 Å². The van der Waals surface area contributed by atoms with Crippen LogP contribution in [0.4, 0.5) is 0 Å². The lowest BCUT2D eigenvalue weighted by molar-refractivity contribution is 0.0907. The molecule has 4 rings (SSSR count). The lowest BCUT2D eigenvalue weighted by Gasteiger charge is -2.19. The molecule has 4 heterocycles. The van der Waals surface area contributed by atoms with E-state index in [1.54, 1.807) is 12.4 Å². The maximum Gasteiger partial charge on any atom is 0.272 e. The van der Waals surface area contributed by atoms with E-state index in [2.05, 4.69) is 36.0 Å². The van der Waals surface area contributed by atoms with Crippen LogP contribution in [-0.4, -0.2) is 37.8 Å². The van der Waals surface area contributed by atoms with Gasteiger partial charge in [-0.05, 0) is 18.1 Å². The molecular formula is C18H21N7O2. The van der Waals surface area contributed by atoms with Crippen LogP contribution in [0.3, 0.4) is 0 Å². The van der Waals surface area contributed by atoms with Gasteiger partial charge in [-0.1, -0.05) is 19.0 Å². The van der Waals surface area contributed by atoms with E-state index >= 15 is 0 Å². The van der Waals surface area contributed by atoms with Crippen LogP contribution >= 0.6 is 0 Å². The summed E-state index contributed by atoms with van der Waals surface area (Å²) in [6.45, 7) is 5.48. The Morgan fingerprint density at radius 1 is 1.37 bits per heavy atom. The highest BCUT2D eigenvalue weighted by Gasteiger charge is 2.28. The number of pyridine rings is 1. The van der Waals surface area contributed by atoms with Crippen LogP contribution in [0.15, 0.2) is 29.0 Å². The smallest absolute Gasteiger partial charge is 0.272 e. The average Bonchev–Trinajstić information content (AvgIpc) is 3.34. The zero-order chi connectivity index (χ0) is 18.8. The predicted octanol–water partition coefficient (Wildman–Crippen LogP) is 1.63. The average molecular weight is 367 g/mol. The first kappa shape index (κ1) is 17.3. The van der Waals surface area contributed by atoms with Crippen molar-refractivity contribution in [3.05, 3.63) is 47.4 Å². The minimum absolute atomic E-state index is 0.0593. The molecule has 1 unspecified atom stereocenters. The number of aromatic amines is 1. The number of carbonyl (C=O) groups excluding carboxylic acids is 1. The van der Waals surface area contributed by atoms with Gasteiger partial charge in [0, 0.05) is 48.7 Å². The molecule has 1 atom stereocenters. The van der Waals surface area contributed by atoms with Crippen molar-refractivity contribution in [1.29, 1.82) is 0 Å². The van der Waals surface area contributed by atoms with Crippen molar-refractivity contribution in [3.63, 3.8) is 0 Å². The van der Waals surface area contributed by atoms with Gasteiger partial charge in [-0.15, -0.1) is 0 Å². The fourth-order valence-corrected chi connectivity index (χ4v) is 3.11. The number of amides is 1. The van der Waals surface area contributed by atoms with Gasteiger partial charge in [0.15, 0.2) is 5.69 Å². The van der Waals surface area contributed by atoms with Crippen molar-refractivity contribution in [3.8, 4) is 11.4 Å². The van der Waals surface area contributed by atoms with Gasteiger partial charge in [0.1, 0.15) is 6.04 Å². The fraction of sp³-hybridized carbons (Fsp3) is 0.389. The first-order valence-corrected chi connectivity index (χ1v) is 8.95. The van der Waals surface area contributed by atoms with Gasteiger partial charge >= 0.3 is 0 Å². The molecule has 0 aliphatic carbocycles. The molecule has 0 aromatic carbocycles. The van der Waals surface area contributed by atoms with Crippen LogP contribution in [0, 0.1) is 5.92 Å². The number of hydrogen-bond donors (Lipinski definition) is 3. The summed E-state index contributed by atoms with van der Waals surface area (Å²) in [5.41, 5.74) is 3.10. The number of fused-ring (bicyclic) bond motifs is 1. The van der Waals surface area contributed by atoms with Gasteiger partial charge in [0.25, 0.3) is 5.91 Å². The molecule has 0 saturated carbocycles. The predicted molar refractivity (Wildman–Crippen MR) is 96.6 cm³/mol. The van der Waals surface area contributed by atoms with Crippen molar-refractivity contribution < 1.29 is 9.32 Å². The maximum absolute atomic E-state index is 12.8. The van der Waals surface area contributed by atoms with E-state index in [1.165, 1.54) is 0 Å². The summed E-state index contributed by atoms with van der Waals surface area (Å²) in [6.07, 6.45) is 4.18. The molecule has 9 heteroatoms. The Labute approximate surface area is 156 Å².